The summed E-state index contributed by atoms with van der Waals surface area (Å²) >= 11 is 5.30. The molecule has 2 amide bonds. The first-order valence-corrected chi connectivity index (χ1v) is 10.9. The number of carbonyl (C=O) groups is 2. The van der Waals surface area contributed by atoms with E-state index in [0.29, 0.717) is 28.5 Å². The van der Waals surface area contributed by atoms with Crippen LogP contribution in [0.2, 0.25) is 0 Å². The van der Waals surface area contributed by atoms with Crippen LogP contribution in [0.1, 0.15) is 19.4 Å². The summed E-state index contributed by atoms with van der Waals surface area (Å²) in [5, 5.41) is 2.55. The average molecular weight is 470 g/mol. The lowest BCUT2D eigenvalue weighted by Crippen LogP contribution is -2.54. The van der Waals surface area contributed by atoms with Gasteiger partial charge in [0.2, 0.25) is 0 Å². The molecule has 1 saturated heterocycles. The van der Waals surface area contributed by atoms with Crippen LogP contribution >= 0.6 is 12.2 Å². The van der Waals surface area contributed by atoms with E-state index in [1.165, 1.54) is 25.2 Å². The number of methoxy groups -OCH3 is 3. The maximum Gasteiger partial charge on any atom is 0.270 e. The van der Waals surface area contributed by atoms with Gasteiger partial charge in [0, 0.05) is 36.5 Å². The van der Waals surface area contributed by atoms with Crippen LogP contribution in [-0.2, 0) is 9.59 Å². The number of nitrogens with zero attached hydrogens (tertiary/aromatic N) is 2. The number of rotatable bonds is 8. The Bertz CT molecular complexity index is 1110. The molecule has 0 aromatic heterocycles. The van der Waals surface area contributed by atoms with Crippen LogP contribution in [0.15, 0.2) is 42.0 Å². The molecule has 9 heteroatoms. The van der Waals surface area contributed by atoms with Gasteiger partial charge < -0.3 is 19.1 Å². The Labute approximate surface area is 198 Å². The van der Waals surface area contributed by atoms with E-state index in [2.05, 4.69) is 24.1 Å². The van der Waals surface area contributed by atoms with Gasteiger partial charge in [-0.25, -0.2) is 4.90 Å². The van der Waals surface area contributed by atoms with Crippen LogP contribution in [0, 0.1) is 0 Å². The fraction of sp³-hybridized carbons (Fsp3) is 0.292. The van der Waals surface area contributed by atoms with Gasteiger partial charge in [-0.3, -0.25) is 14.9 Å². The van der Waals surface area contributed by atoms with Crippen molar-refractivity contribution in [2.45, 2.75) is 13.8 Å². The topological polar surface area (TPSA) is 80.3 Å². The molecule has 2 aromatic rings. The lowest BCUT2D eigenvalue weighted by Gasteiger charge is -2.30. The van der Waals surface area contributed by atoms with Gasteiger partial charge in [0.15, 0.2) is 5.11 Å². The highest BCUT2D eigenvalue weighted by Gasteiger charge is 2.36. The maximum atomic E-state index is 13.4. The molecule has 1 aliphatic heterocycles. The summed E-state index contributed by atoms with van der Waals surface area (Å²) in [5.74, 6) is 0.338. The second-order valence-corrected chi connectivity index (χ2v) is 7.48. The van der Waals surface area contributed by atoms with Crippen molar-refractivity contribution in [3.8, 4) is 17.2 Å². The highest BCUT2D eigenvalue weighted by Crippen LogP contribution is 2.35. The summed E-state index contributed by atoms with van der Waals surface area (Å²) in [6, 6.07) is 10.6. The number of amides is 2. The minimum atomic E-state index is -0.580. The van der Waals surface area contributed by atoms with Gasteiger partial charge in [0.25, 0.3) is 11.8 Å². The van der Waals surface area contributed by atoms with Crippen molar-refractivity contribution in [3.63, 3.8) is 0 Å². The third-order valence-corrected chi connectivity index (χ3v) is 5.66. The molecule has 0 radical (unpaired) electrons. The zero-order valence-electron chi connectivity index (χ0n) is 19.3. The molecular formula is C24H27N3O5S. The van der Waals surface area contributed by atoms with Crippen LogP contribution in [0.5, 0.6) is 17.2 Å². The summed E-state index contributed by atoms with van der Waals surface area (Å²) < 4.78 is 16.2. The molecule has 1 fully saturated rings. The second-order valence-electron chi connectivity index (χ2n) is 7.09. The molecule has 1 aliphatic rings. The van der Waals surface area contributed by atoms with E-state index in [1.54, 1.807) is 25.3 Å². The fourth-order valence-corrected chi connectivity index (χ4v) is 3.88. The monoisotopic (exact) mass is 469 g/mol. The van der Waals surface area contributed by atoms with E-state index >= 15 is 0 Å². The SMILES string of the molecule is CCN(CC)c1ccc(/C=C2\C(=O)NC(=S)N(c3ccc(OC)cc3OC)C2=O)c(OC)c1. The average Bonchev–Trinajstić information content (AvgIpc) is 2.82. The van der Waals surface area contributed by atoms with Gasteiger partial charge >= 0.3 is 0 Å². The lowest BCUT2D eigenvalue weighted by molar-refractivity contribution is -0.122. The predicted octanol–water partition coefficient (Wildman–Crippen LogP) is 3.39. The van der Waals surface area contributed by atoms with Crippen molar-refractivity contribution in [3.05, 3.63) is 47.5 Å². The molecule has 0 aliphatic carbocycles. The molecule has 0 atom stereocenters. The summed E-state index contributed by atoms with van der Waals surface area (Å²) in [4.78, 5) is 29.5. The first-order chi connectivity index (χ1) is 15.9. The van der Waals surface area contributed by atoms with Crippen molar-refractivity contribution < 1.29 is 23.8 Å². The van der Waals surface area contributed by atoms with Gasteiger partial charge in [-0.2, -0.15) is 0 Å². The molecule has 33 heavy (non-hydrogen) atoms. The number of hydrogen-bond donors (Lipinski definition) is 1. The Morgan fingerprint density at radius 1 is 0.970 bits per heavy atom. The van der Waals surface area contributed by atoms with Crippen molar-refractivity contribution in [2.24, 2.45) is 0 Å². The summed E-state index contributed by atoms with van der Waals surface area (Å²) in [6.45, 7) is 5.83. The van der Waals surface area contributed by atoms with Crippen molar-refractivity contribution in [1.29, 1.82) is 0 Å². The largest absolute Gasteiger partial charge is 0.497 e. The number of carbonyl (C=O) groups excluding carboxylic acids is 2. The van der Waals surface area contributed by atoms with Crippen molar-refractivity contribution >= 4 is 46.6 Å². The number of hydrogen-bond acceptors (Lipinski definition) is 7. The van der Waals surface area contributed by atoms with Gasteiger partial charge in [0.1, 0.15) is 22.8 Å². The molecule has 1 N–H and O–H groups in total. The van der Waals surface area contributed by atoms with Crippen LogP contribution in [-0.4, -0.2) is 51.3 Å². The van der Waals surface area contributed by atoms with E-state index in [4.69, 9.17) is 26.4 Å². The standard InChI is InChI=1S/C24H27N3O5S/c1-6-26(7-2)16-9-8-15(20(13-16)31-4)12-18-22(28)25-24(33)27(23(18)29)19-11-10-17(30-3)14-21(19)32-5/h8-14H,6-7H2,1-5H3,(H,25,28,33)/b18-12+. The Balaban J connectivity index is 2.05. The molecule has 8 nitrogen and oxygen atoms in total. The fourth-order valence-electron chi connectivity index (χ4n) is 3.61. The minimum absolute atomic E-state index is 0.0329. The van der Waals surface area contributed by atoms with E-state index in [-0.39, 0.29) is 10.7 Å². The Morgan fingerprint density at radius 3 is 2.27 bits per heavy atom. The smallest absolute Gasteiger partial charge is 0.270 e. The van der Waals surface area contributed by atoms with E-state index in [0.717, 1.165) is 18.8 Å². The van der Waals surface area contributed by atoms with Gasteiger partial charge in [-0.15, -0.1) is 0 Å². The van der Waals surface area contributed by atoms with E-state index < -0.39 is 11.8 Å². The first-order valence-electron chi connectivity index (χ1n) is 10.4. The number of anilines is 2. The molecule has 0 saturated carbocycles. The molecule has 2 aromatic carbocycles. The second kappa shape index (κ2) is 10.4. The molecule has 174 valence electrons. The number of ether oxygens (including phenoxy) is 3. The molecule has 1 heterocycles. The molecule has 3 rings (SSSR count). The van der Waals surface area contributed by atoms with Crippen molar-refractivity contribution in [1.82, 2.24) is 5.32 Å². The van der Waals surface area contributed by atoms with Crippen molar-refractivity contribution in [2.75, 3.05) is 44.2 Å². The number of thiocarbonyl (C=S) groups is 1. The van der Waals surface area contributed by atoms with Gasteiger partial charge in [-0.1, -0.05) is 0 Å². The normalized spacial score (nSPS) is 14.9. The van der Waals surface area contributed by atoms with E-state index in [1.807, 2.05) is 18.2 Å². The zero-order chi connectivity index (χ0) is 24.1. The molecule has 0 spiro atoms. The molecule has 0 unspecified atom stereocenters. The Hall–Kier alpha value is -3.59. The molecular weight excluding hydrogens is 442 g/mol. The quantitative estimate of drug-likeness (QED) is 0.361. The highest BCUT2D eigenvalue weighted by molar-refractivity contribution is 7.80. The number of nitrogens with one attached hydrogen (secondary N) is 1. The summed E-state index contributed by atoms with van der Waals surface area (Å²) in [6.07, 6.45) is 1.51. The number of benzene rings is 2. The highest BCUT2D eigenvalue weighted by atomic mass is 32.1. The minimum Gasteiger partial charge on any atom is -0.497 e. The third-order valence-electron chi connectivity index (χ3n) is 5.37. The van der Waals surface area contributed by atoms with Crippen LogP contribution in [0.4, 0.5) is 11.4 Å². The van der Waals surface area contributed by atoms with Crippen LogP contribution in [0.3, 0.4) is 0 Å². The summed E-state index contributed by atoms with van der Waals surface area (Å²) in [7, 11) is 4.56. The van der Waals surface area contributed by atoms with Crippen LogP contribution < -0.4 is 29.3 Å². The maximum absolute atomic E-state index is 13.4. The Kier molecular flexibility index (Phi) is 7.55. The zero-order valence-corrected chi connectivity index (χ0v) is 20.1. The predicted molar refractivity (Wildman–Crippen MR) is 132 cm³/mol. The van der Waals surface area contributed by atoms with Crippen LogP contribution in [0.25, 0.3) is 6.08 Å². The third kappa shape index (κ3) is 4.78. The first kappa shape index (κ1) is 24.1. The molecule has 0 bridgehead atoms. The summed E-state index contributed by atoms with van der Waals surface area (Å²) in [5.41, 5.74) is 1.91. The van der Waals surface area contributed by atoms with E-state index in [9.17, 15) is 9.59 Å². The lowest BCUT2D eigenvalue weighted by atomic mass is 10.0. The van der Waals surface area contributed by atoms with Gasteiger partial charge in [-0.05, 0) is 56.4 Å². The van der Waals surface area contributed by atoms with Gasteiger partial charge in [0.05, 0.1) is 27.0 Å². The Morgan fingerprint density at radius 2 is 1.67 bits per heavy atom.